The zero-order valence-corrected chi connectivity index (χ0v) is 13.4. The Hall–Kier alpha value is -1.44. The first-order valence-corrected chi connectivity index (χ1v) is 8.90. The van der Waals surface area contributed by atoms with Crippen molar-refractivity contribution >= 4 is 16.2 Å². The first kappa shape index (κ1) is 16.9. The van der Waals surface area contributed by atoms with Crippen LogP contribution in [0.25, 0.3) is 0 Å². The van der Waals surface area contributed by atoms with Gasteiger partial charge in [0.25, 0.3) is 10.2 Å². The van der Waals surface area contributed by atoms with Crippen LogP contribution in [0.5, 0.6) is 0 Å². The lowest BCUT2D eigenvalue weighted by molar-refractivity contribution is -0.138. The van der Waals surface area contributed by atoms with E-state index in [1.807, 2.05) is 13.0 Å². The van der Waals surface area contributed by atoms with Crippen molar-refractivity contribution in [2.24, 2.45) is 0 Å². The molecular weight excluding hydrogens is 304 g/mol. The summed E-state index contributed by atoms with van der Waals surface area (Å²) < 4.78 is 28.6. The van der Waals surface area contributed by atoms with E-state index in [0.29, 0.717) is 6.54 Å². The lowest BCUT2D eigenvalue weighted by Gasteiger charge is -2.33. The van der Waals surface area contributed by atoms with Gasteiger partial charge in [-0.05, 0) is 31.7 Å². The van der Waals surface area contributed by atoms with Crippen LogP contribution >= 0.6 is 0 Å². The second kappa shape index (κ2) is 7.21. The fourth-order valence-corrected chi connectivity index (χ4v) is 4.33. The van der Waals surface area contributed by atoms with Crippen LogP contribution in [0.1, 0.15) is 31.7 Å². The number of piperidine rings is 1. The average molecular weight is 326 g/mol. The molecule has 1 saturated heterocycles. The Morgan fingerprint density at radius 1 is 1.36 bits per heavy atom. The third-order valence-electron chi connectivity index (χ3n) is 3.92. The molecule has 1 unspecified atom stereocenters. The topological polar surface area (TPSA) is 86.7 Å². The molecule has 122 valence electrons. The Morgan fingerprint density at radius 2 is 2.05 bits per heavy atom. The maximum absolute atomic E-state index is 12.5. The third kappa shape index (κ3) is 4.28. The number of rotatable bonds is 6. The van der Waals surface area contributed by atoms with Crippen LogP contribution in [0.15, 0.2) is 30.3 Å². The number of aliphatic carboxylic acids is 1. The van der Waals surface area contributed by atoms with Crippen molar-refractivity contribution in [2.75, 3.05) is 6.54 Å². The molecule has 0 saturated carbocycles. The molecule has 0 aromatic heterocycles. The summed E-state index contributed by atoms with van der Waals surface area (Å²) >= 11 is 0. The zero-order chi connectivity index (χ0) is 16.2. The second-order valence-electron chi connectivity index (χ2n) is 5.66. The minimum atomic E-state index is -3.79. The standard InChI is InChI=1S/C15H22N2O4S/c1-12-7-5-6-10-17(12)22(20,21)16-14(15(18)19)11-13-8-3-2-4-9-13/h2-4,8-9,12,14,16H,5-7,10-11H2,1H3,(H,18,19)/t12?,14-/m1/s1. The predicted molar refractivity (Wildman–Crippen MR) is 83.6 cm³/mol. The van der Waals surface area contributed by atoms with Crippen LogP contribution in [0.3, 0.4) is 0 Å². The van der Waals surface area contributed by atoms with E-state index >= 15 is 0 Å². The maximum atomic E-state index is 12.5. The highest BCUT2D eigenvalue weighted by Crippen LogP contribution is 2.19. The van der Waals surface area contributed by atoms with Crippen molar-refractivity contribution in [1.82, 2.24) is 9.03 Å². The highest BCUT2D eigenvalue weighted by Gasteiger charge is 2.33. The van der Waals surface area contributed by atoms with Gasteiger partial charge in [-0.3, -0.25) is 4.79 Å². The van der Waals surface area contributed by atoms with Crippen molar-refractivity contribution in [2.45, 2.75) is 44.7 Å². The van der Waals surface area contributed by atoms with Gasteiger partial charge >= 0.3 is 5.97 Å². The average Bonchev–Trinajstić information content (AvgIpc) is 2.47. The van der Waals surface area contributed by atoms with E-state index in [2.05, 4.69) is 4.72 Å². The molecule has 2 N–H and O–H groups in total. The Bertz CT molecular complexity index is 603. The monoisotopic (exact) mass is 326 g/mol. The predicted octanol–water partition coefficient (Wildman–Crippen LogP) is 1.39. The molecule has 1 aliphatic heterocycles. The smallest absolute Gasteiger partial charge is 0.322 e. The van der Waals surface area contributed by atoms with Crippen LogP contribution < -0.4 is 4.72 Å². The molecule has 1 aromatic carbocycles. The quantitative estimate of drug-likeness (QED) is 0.827. The molecular formula is C15H22N2O4S. The van der Waals surface area contributed by atoms with Gasteiger partial charge in [-0.1, -0.05) is 36.8 Å². The number of nitrogens with zero attached hydrogens (tertiary/aromatic N) is 1. The summed E-state index contributed by atoms with van der Waals surface area (Å²) in [5, 5.41) is 9.32. The lowest BCUT2D eigenvalue weighted by Crippen LogP contribution is -2.53. The highest BCUT2D eigenvalue weighted by atomic mass is 32.2. The van der Waals surface area contributed by atoms with E-state index < -0.39 is 22.2 Å². The van der Waals surface area contributed by atoms with E-state index in [-0.39, 0.29) is 12.5 Å². The van der Waals surface area contributed by atoms with Crippen LogP contribution in [0, 0.1) is 0 Å². The van der Waals surface area contributed by atoms with Gasteiger partial charge in [-0.25, -0.2) is 0 Å². The van der Waals surface area contributed by atoms with Crippen molar-refractivity contribution in [3.63, 3.8) is 0 Å². The molecule has 0 bridgehead atoms. The van der Waals surface area contributed by atoms with E-state index in [1.165, 1.54) is 4.31 Å². The Morgan fingerprint density at radius 3 is 2.64 bits per heavy atom. The first-order chi connectivity index (χ1) is 10.4. The Labute approximate surface area is 131 Å². The molecule has 0 amide bonds. The molecule has 0 aliphatic carbocycles. The molecule has 2 atom stereocenters. The fraction of sp³-hybridized carbons (Fsp3) is 0.533. The zero-order valence-electron chi connectivity index (χ0n) is 12.6. The molecule has 0 radical (unpaired) electrons. The van der Waals surface area contributed by atoms with Gasteiger partial charge in [-0.15, -0.1) is 0 Å². The summed E-state index contributed by atoms with van der Waals surface area (Å²) in [6.45, 7) is 2.29. The number of hydrogen-bond donors (Lipinski definition) is 2. The molecule has 7 heteroatoms. The van der Waals surface area contributed by atoms with Crippen molar-refractivity contribution in [3.8, 4) is 0 Å². The molecule has 22 heavy (non-hydrogen) atoms. The number of nitrogens with one attached hydrogen (secondary N) is 1. The summed E-state index contributed by atoms with van der Waals surface area (Å²) in [7, 11) is -3.79. The van der Waals surface area contributed by atoms with Crippen molar-refractivity contribution in [3.05, 3.63) is 35.9 Å². The van der Waals surface area contributed by atoms with Gasteiger partial charge in [0.1, 0.15) is 6.04 Å². The van der Waals surface area contributed by atoms with Crippen molar-refractivity contribution < 1.29 is 18.3 Å². The third-order valence-corrected chi connectivity index (χ3v) is 5.66. The maximum Gasteiger partial charge on any atom is 0.322 e. The molecule has 1 heterocycles. The minimum absolute atomic E-state index is 0.0996. The van der Waals surface area contributed by atoms with Gasteiger partial charge in [0.2, 0.25) is 0 Å². The molecule has 1 aromatic rings. The molecule has 1 fully saturated rings. The molecule has 0 spiro atoms. The minimum Gasteiger partial charge on any atom is -0.480 e. The summed E-state index contributed by atoms with van der Waals surface area (Å²) in [5.41, 5.74) is 0.782. The molecule has 6 nitrogen and oxygen atoms in total. The number of carboxylic acids is 1. The van der Waals surface area contributed by atoms with Crippen LogP contribution in [0.4, 0.5) is 0 Å². The molecule has 1 aliphatic rings. The Balaban J connectivity index is 2.11. The normalized spacial score (nSPS) is 21.4. The number of carboxylic acid groups (broad SMARTS) is 1. The van der Waals surface area contributed by atoms with Crippen molar-refractivity contribution in [1.29, 1.82) is 0 Å². The van der Waals surface area contributed by atoms with Gasteiger partial charge in [0, 0.05) is 12.6 Å². The van der Waals surface area contributed by atoms with Crippen LogP contribution in [-0.4, -0.2) is 42.4 Å². The van der Waals surface area contributed by atoms with Gasteiger partial charge in [-0.2, -0.15) is 17.4 Å². The number of benzene rings is 1. The van der Waals surface area contributed by atoms with Gasteiger partial charge in [0.05, 0.1) is 0 Å². The van der Waals surface area contributed by atoms with E-state index in [1.54, 1.807) is 24.3 Å². The van der Waals surface area contributed by atoms with Crippen LogP contribution in [-0.2, 0) is 21.4 Å². The second-order valence-corrected chi connectivity index (χ2v) is 7.31. The van der Waals surface area contributed by atoms with E-state index in [4.69, 9.17) is 0 Å². The summed E-state index contributed by atoms with van der Waals surface area (Å²) in [6.07, 6.45) is 2.73. The number of hydrogen-bond acceptors (Lipinski definition) is 3. The van der Waals surface area contributed by atoms with E-state index in [0.717, 1.165) is 24.8 Å². The largest absolute Gasteiger partial charge is 0.480 e. The lowest BCUT2D eigenvalue weighted by atomic mass is 10.1. The first-order valence-electron chi connectivity index (χ1n) is 7.46. The highest BCUT2D eigenvalue weighted by molar-refractivity contribution is 7.87. The SMILES string of the molecule is CC1CCCCN1S(=O)(=O)N[C@H](Cc1ccccc1)C(=O)O. The molecule has 2 rings (SSSR count). The Kier molecular flexibility index (Phi) is 5.55. The fourth-order valence-electron chi connectivity index (χ4n) is 2.71. The van der Waals surface area contributed by atoms with Gasteiger partial charge in [0.15, 0.2) is 0 Å². The van der Waals surface area contributed by atoms with E-state index in [9.17, 15) is 18.3 Å². The number of carbonyl (C=O) groups is 1. The van der Waals surface area contributed by atoms with Gasteiger partial charge < -0.3 is 5.11 Å². The summed E-state index contributed by atoms with van der Waals surface area (Å²) in [5.74, 6) is -1.17. The van der Waals surface area contributed by atoms with Crippen LogP contribution in [0.2, 0.25) is 0 Å². The summed E-state index contributed by atoms with van der Waals surface area (Å²) in [4.78, 5) is 11.4. The summed E-state index contributed by atoms with van der Waals surface area (Å²) in [6, 6.07) is 7.74.